The van der Waals surface area contributed by atoms with Gasteiger partial charge in [-0.05, 0) is 38.0 Å². The minimum atomic E-state index is 0.640. The maximum absolute atomic E-state index is 10.5. The smallest absolute Gasteiger partial charge is 0.120 e. The highest BCUT2D eigenvalue weighted by Crippen LogP contribution is 2.36. The third-order valence-corrected chi connectivity index (χ3v) is 3.28. The van der Waals surface area contributed by atoms with Crippen molar-refractivity contribution < 1.29 is 4.79 Å². The van der Waals surface area contributed by atoms with Crippen molar-refractivity contribution in [3.05, 3.63) is 24.3 Å². The van der Waals surface area contributed by atoms with Gasteiger partial charge in [-0.1, -0.05) is 30.7 Å². The highest BCUT2D eigenvalue weighted by molar-refractivity contribution is 5.49. The van der Waals surface area contributed by atoms with Crippen molar-refractivity contribution in [1.29, 1.82) is 0 Å². The van der Waals surface area contributed by atoms with E-state index >= 15 is 0 Å². The molecule has 78 valence electrons. The summed E-state index contributed by atoms with van der Waals surface area (Å²) in [6.07, 6.45) is 10.9. The Morgan fingerprint density at radius 2 is 2.00 bits per heavy atom. The van der Waals surface area contributed by atoms with Crippen LogP contribution in [0.5, 0.6) is 0 Å². The number of aldehydes is 1. The first-order valence-electron chi connectivity index (χ1n) is 5.50. The van der Waals surface area contributed by atoms with Crippen LogP contribution in [0.2, 0.25) is 0 Å². The number of carbonyl (C=O) groups excluding carboxylic acids is 1. The molecule has 0 bridgehead atoms. The molecule has 0 spiro atoms. The van der Waals surface area contributed by atoms with E-state index in [1.54, 1.807) is 0 Å². The highest BCUT2D eigenvalue weighted by atomic mass is 16.1. The van der Waals surface area contributed by atoms with Gasteiger partial charge >= 0.3 is 0 Å². The average molecular weight is 192 g/mol. The van der Waals surface area contributed by atoms with Gasteiger partial charge < -0.3 is 4.79 Å². The maximum Gasteiger partial charge on any atom is 0.120 e. The van der Waals surface area contributed by atoms with Gasteiger partial charge in [0.2, 0.25) is 0 Å². The van der Waals surface area contributed by atoms with Crippen LogP contribution in [0.4, 0.5) is 0 Å². The minimum absolute atomic E-state index is 0.640. The van der Waals surface area contributed by atoms with Crippen LogP contribution in [-0.2, 0) is 4.79 Å². The zero-order valence-electron chi connectivity index (χ0n) is 9.04. The van der Waals surface area contributed by atoms with Crippen molar-refractivity contribution in [3.63, 3.8) is 0 Å². The molecule has 1 aliphatic rings. The standard InChI is InChI=1S/C13H20O/c1-3-11(2)7-8-12-5-4-6-13(12)9-10-14/h3,7,10,12-13H,1,4-6,8-9H2,2H3/b11-7+/t12-,13-/m0/s1. The van der Waals surface area contributed by atoms with Gasteiger partial charge in [0.1, 0.15) is 6.29 Å². The highest BCUT2D eigenvalue weighted by Gasteiger charge is 2.25. The number of allylic oxidation sites excluding steroid dienone is 3. The monoisotopic (exact) mass is 192 g/mol. The van der Waals surface area contributed by atoms with E-state index in [4.69, 9.17) is 0 Å². The fourth-order valence-corrected chi connectivity index (χ4v) is 2.28. The Hall–Kier alpha value is -0.850. The molecule has 0 radical (unpaired) electrons. The summed E-state index contributed by atoms with van der Waals surface area (Å²) in [6.45, 7) is 5.82. The van der Waals surface area contributed by atoms with Crippen LogP contribution < -0.4 is 0 Å². The molecule has 1 saturated carbocycles. The molecular formula is C13H20O. The Labute approximate surface area is 86.9 Å². The fourth-order valence-electron chi connectivity index (χ4n) is 2.28. The van der Waals surface area contributed by atoms with Crippen LogP contribution in [0, 0.1) is 11.8 Å². The molecule has 0 aromatic carbocycles. The summed E-state index contributed by atoms with van der Waals surface area (Å²) in [4.78, 5) is 10.5. The van der Waals surface area contributed by atoms with Gasteiger partial charge in [0.25, 0.3) is 0 Å². The predicted octanol–water partition coefficient (Wildman–Crippen LogP) is 3.51. The lowest BCUT2D eigenvalue weighted by molar-refractivity contribution is -0.108. The molecule has 1 nitrogen and oxygen atoms in total. The normalized spacial score (nSPS) is 27.6. The Morgan fingerprint density at radius 1 is 1.36 bits per heavy atom. The molecule has 0 unspecified atom stereocenters. The molecule has 1 aliphatic carbocycles. The van der Waals surface area contributed by atoms with E-state index in [9.17, 15) is 4.79 Å². The van der Waals surface area contributed by atoms with Gasteiger partial charge in [0.05, 0.1) is 0 Å². The first-order chi connectivity index (χ1) is 6.77. The van der Waals surface area contributed by atoms with Crippen LogP contribution in [0.3, 0.4) is 0 Å². The van der Waals surface area contributed by atoms with E-state index in [1.807, 2.05) is 6.08 Å². The summed E-state index contributed by atoms with van der Waals surface area (Å²) in [7, 11) is 0. The van der Waals surface area contributed by atoms with E-state index < -0.39 is 0 Å². The molecule has 0 amide bonds. The van der Waals surface area contributed by atoms with Gasteiger partial charge in [-0.2, -0.15) is 0 Å². The molecule has 0 N–H and O–H groups in total. The second-order valence-electron chi connectivity index (χ2n) is 4.24. The van der Waals surface area contributed by atoms with Crippen molar-refractivity contribution in [2.75, 3.05) is 0 Å². The first kappa shape index (κ1) is 11.2. The van der Waals surface area contributed by atoms with Crippen molar-refractivity contribution in [2.24, 2.45) is 11.8 Å². The third-order valence-electron chi connectivity index (χ3n) is 3.28. The summed E-state index contributed by atoms with van der Waals surface area (Å²) in [5, 5.41) is 0. The molecule has 0 saturated heterocycles. The second-order valence-corrected chi connectivity index (χ2v) is 4.24. The molecule has 14 heavy (non-hydrogen) atoms. The Kier molecular flexibility index (Phi) is 4.64. The summed E-state index contributed by atoms with van der Waals surface area (Å²) in [6, 6.07) is 0. The third kappa shape index (κ3) is 3.13. The van der Waals surface area contributed by atoms with Crippen molar-refractivity contribution >= 4 is 6.29 Å². The zero-order valence-corrected chi connectivity index (χ0v) is 9.04. The summed E-state index contributed by atoms with van der Waals surface area (Å²) >= 11 is 0. The minimum Gasteiger partial charge on any atom is -0.303 e. The van der Waals surface area contributed by atoms with Gasteiger partial charge in [-0.3, -0.25) is 0 Å². The Morgan fingerprint density at radius 3 is 2.57 bits per heavy atom. The lowest BCUT2D eigenvalue weighted by Crippen LogP contribution is -2.07. The van der Waals surface area contributed by atoms with E-state index in [-0.39, 0.29) is 0 Å². The lowest BCUT2D eigenvalue weighted by Gasteiger charge is -2.15. The number of hydrogen-bond acceptors (Lipinski definition) is 1. The summed E-state index contributed by atoms with van der Waals surface area (Å²) in [5.74, 6) is 1.37. The molecular weight excluding hydrogens is 172 g/mol. The van der Waals surface area contributed by atoms with E-state index in [1.165, 1.54) is 24.8 Å². The maximum atomic E-state index is 10.5. The lowest BCUT2D eigenvalue weighted by atomic mass is 9.90. The fraction of sp³-hybridized carbons (Fsp3) is 0.615. The number of rotatable bonds is 5. The van der Waals surface area contributed by atoms with Gasteiger partial charge in [-0.25, -0.2) is 0 Å². The molecule has 1 fully saturated rings. The molecule has 0 aromatic rings. The van der Waals surface area contributed by atoms with Crippen LogP contribution in [-0.4, -0.2) is 6.29 Å². The second kappa shape index (κ2) is 5.79. The van der Waals surface area contributed by atoms with Crippen LogP contribution in [0.15, 0.2) is 24.3 Å². The molecule has 0 heterocycles. The summed E-state index contributed by atoms with van der Waals surface area (Å²) < 4.78 is 0. The number of carbonyl (C=O) groups is 1. The predicted molar refractivity (Wildman–Crippen MR) is 60.1 cm³/mol. The Balaban J connectivity index is 2.42. The molecule has 1 rings (SSSR count). The van der Waals surface area contributed by atoms with E-state index in [2.05, 4.69) is 19.6 Å². The molecule has 0 aromatic heterocycles. The molecule has 0 aliphatic heterocycles. The quantitative estimate of drug-likeness (QED) is 0.481. The summed E-state index contributed by atoms with van der Waals surface area (Å²) in [5.41, 5.74) is 1.25. The Bertz CT molecular complexity index is 227. The van der Waals surface area contributed by atoms with E-state index in [0.717, 1.165) is 25.0 Å². The largest absolute Gasteiger partial charge is 0.303 e. The van der Waals surface area contributed by atoms with E-state index in [0.29, 0.717) is 5.92 Å². The zero-order chi connectivity index (χ0) is 10.4. The topological polar surface area (TPSA) is 17.1 Å². The first-order valence-corrected chi connectivity index (χ1v) is 5.50. The number of hydrogen-bond donors (Lipinski definition) is 0. The van der Waals surface area contributed by atoms with Gasteiger partial charge in [0.15, 0.2) is 0 Å². The van der Waals surface area contributed by atoms with Crippen molar-refractivity contribution in [1.82, 2.24) is 0 Å². The van der Waals surface area contributed by atoms with Crippen molar-refractivity contribution in [3.8, 4) is 0 Å². The van der Waals surface area contributed by atoms with Crippen molar-refractivity contribution in [2.45, 2.75) is 39.0 Å². The molecule has 1 heteroatoms. The van der Waals surface area contributed by atoms with Crippen LogP contribution in [0.25, 0.3) is 0 Å². The SMILES string of the molecule is C=C/C(C)=C/C[C@@H]1CCC[C@H]1CC=O. The average Bonchev–Trinajstić information content (AvgIpc) is 2.62. The van der Waals surface area contributed by atoms with Gasteiger partial charge in [-0.15, -0.1) is 0 Å². The molecule has 2 atom stereocenters. The van der Waals surface area contributed by atoms with Gasteiger partial charge in [0, 0.05) is 6.42 Å². The van der Waals surface area contributed by atoms with Crippen LogP contribution in [0.1, 0.15) is 39.0 Å². The van der Waals surface area contributed by atoms with Crippen LogP contribution >= 0.6 is 0 Å².